The van der Waals surface area contributed by atoms with E-state index in [-0.39, 0.29) is 24.3 Å². The first kappa shape index (κ1) is 18.9. The number of benzene rings is 2. The highest BCUT2D eigenvalue weighted by atomic mass is 19.1. The van der Waals surface area contributed by atoms with E-state index in [1.54, 1.807) is 36.4 Å². The van der Waals surface area contributed by atoms with E-state index in [1.165, 1.54) is 18.6 Å². The van der Waals surface area contributed by atoms with Crippen LogP contribution in [0.3, 0.4) is 0 Å². The van der Waals surface area contributed by atoms with Gasteiger partial charge in [-0.3, -0.25) is 9.59 Å². The third-order valence-corrected chi connectivity index (χ3v) is 4.58. The van der Waals surface area contributed by atoms with Gasteiger partial charge in [-0.15, -0.1) is 0 Å². The summed E-state index contributed by atoms with van der Waals surface area (Å²) in [6, 6.07) is 12.9. The Balaban J connectivity index is 1.60. The molecule has 2 N–H and O–H groups in total. The molecule has 1 fully saturated rings. The minimum absolute atomic E-state index is 0.0102. The number of amides is 2. The maximum absolute atomic E-state index is 13.5. The molecule has 0 heterocycles. The van der Waals surface area contributed by atoms with Crippen LogP contribution in [0.1, 0.15) is 42.5 Å². The van der Waals surface area contributed by atoms with Crippen LogP contribution in [-0.2, 0) is 4.79 Å². The predicted octanol–water partition coefficient (Wildman–Crippen LogP) is 3.91. The molecule has 1 saturated carbocycles. The molecule has 0 unspecified atom stereocenters. The van der Waals surface area contributed by atoms with Crippen molar-refractivity contribution in [3.63, 3.8) is 0 Å². The van der Waals surface area contributed by atoms with Crippen LogP contribution in [0.25, 0.3) is 0 Å². The SMILES string of the molecule is O=C(COc1ccccc1F)Nc1ccccc1C(=O)NC1CCCCC1. The fraction of sp³-hybridized carbons (Fsp3) is 0.333. The van der Waals surface area contributed by atoms with Gasteiger partial charge in [0.1, 0.15) is 0 Å². The number of para-hydroxylation sites is 2. The molecular formula is C21H23FN2O3. The Morgan fingerprint density at radius 1 is 1.00 bits per heavy atom. The van der Waals surface area contributed by atoms with Crippen LogP contribution >= 0.6 is 0 Å². The van der Waals surface area contributed by atoms with Crippen LogP contribution in [0.2, 0.25) is 0 Å². The average Bonchev–Trinajstić information content (AvgIpc) is 2.68. The molecule has 0 spiro atoms. The van der Waals surface area contributed by atoms with Crippen molar-refractivity contribution in [1.82, 2.24) is 5.32 Å². The van der Waals surface area contributed by atoms with E-state index in [9.17, 15) is 14.0 Å². The topological polar surface area (TPSA) is 67.4 Å². The van der Waals surface area contributed by atoms with Gasteiger partial charge in [0.2, 0.25) is 0 Å². The zero-order chi connectivity index (χ0) is 19.1. The highest BCUT2D eigenvalue weighted by Gasteiger charge is 2.19. The summed E-state index contributed by atoms with van der Waals surface area (Å²) < 4.78 is 18.8. The highest BCUT2D eigenvalue weighted by Crippen LogP contribution is 2.20. The summed E-state index contributed by atoms with van der Waals surface area (Å²) in [4.78, 5) is 24.8. The van der Waals surface area contributed by atoms with Crippen LogP contribution in [0.5, 0.6) is 5.75 Å². The van der Waals surface area contributed by atoms with Crippen LogP contribution in [0, 0.1) is 5.82 Å². The molecule has 0 atom stereocenters. The molecule has 1 aliphatic rings. The number of ether oxygens (including phenoxy) is 1. The quantitative estimate of drug-likeness (QED) is 0.810. The van der Waals surface area contributed by atoms with Crippen molar-refractivity contribution in [3.8, 4) is 5.75 Å². The van der Waals surface area contributed by atoms with Crippen molar-refractivity contribution in [2.75, 3.05) is 11.9 Å². The maximum atomic E-state index is 13.5. The van der Waals surface area contributed by atoms with Gasteiger partial charge in [-0.05, 0) is 37.1 Å². The van der Waals surface area contributed by atoms with Gasteiger partial charge in [-0.2, -0.15) is 0 Å². The number of hydrogen-bond donors (Lipinski definition) is 2. The minimum atomic E-state index is -0.530. The molecule has 5 nitrogen and oxygen atoms in total. The number of hydrogen-bond acceptors (Lipinski definition) is 3. The van der Waals surface area contributed by atoms with Crippen molar-refractivity contribution in [2.24, 2.45) is 0 Å². The van der Waals surface area contributed by atoms with Crippen molar-refractivity contribution in [2.45, 2.75) is 38.1 Å². The molecule has 27 heavy (non-hydrogen) atoms. The number of nitrogens with one attached hydrogen (secondary N) is 2. The fourth-order valence-electron chi connectivity index (χ4n) is 3.19. The van der Waals surface area contributed by atoms with Gasteiger partial charge in [-0.25, -0.2) is 4.39 Å². The molecule has 6 heteroatoms. The smallest absolute Gasteiger partial charge is 0.262 e. The number of anilines is 1. The summed E-state index contributed by atoms with van der Waals surface area (Å²) in [5.74, 6) is -1.18. The van der Waals surface area contributed by atoms with E-state index < -0.39 is 11.7 Å². The lowest BCUT2D eigenvalue weighted by Crippen LogP contribution is -2.36. The van der Waals surface area contributed by atoms with Gasteiger partial charge in [0, 0.05) is 6.04 Å². The second-order valence-electron chi connectivity index (χ2n) is 6.62. The third-order valence-electron chi connectivity index (χ3n) is 4.58. The normalized spacial score (nSPS) is 14.4. The van der Waals surface area contributed by atoms with Crippen molar-refractivity contribution in [3.05, 3.63) is 59.9 Å². The first-order chi connectivity index (χ1) is 13.1. The molecule has 0 radical (unpaired) electrons. The summed E-state index contributed by atoms with van der Waals surface area (Å²) in [5, 5.41) is 5.71. The molecule has 1 aliphatic carbocycles. The molecule has 0 aliphatic heterocycles. The second kappa shape index (κ2) is 9.16. The first-order valence-electron chi connectivity index (χ1n) is 9.20. The standard InChI is InChI=1S/C21H23FN2O3/c22-17-11-5-7-13-19(17)27-14-20(25)24-18-12-6-4-10-16(18)21(26)23-15-8-2-1-3-9-15/h4-7,10-13,15H,1-3,8-9,14H2,(H,23,26)(H,24,25). The molecule has 2 aromatic carbocycles. The molecule has 142 valence electrons. The minimum Gasteiger partial charge on any atom is -0.481 e. The van der Waals surface area contributed by atoms with Gasteiger partial charge in [0.05, 0.1) is 11.3 Å². The molecule has 0 bridgehead atoms. The number of rotatable bonds is 6. The van der Waals surface area contributed by atoms with E-state index in [1.807, 2.05) is 0 Å². The van der Waals surface area contributed by atoms with E-state index in [4.69, 9.17) is 4.74 Å². The van der Waals surface area contributed by atoms with Gasteiger partial charge in [0.15, 0.2) is 18.2 Å². The Morgan fingerprint density at radius 3 is 2.48 bits per heavy atom. The third kappa shape index (κ3) is 5.29. The molecule has 2 aromatic rings. The molecular weight excluding hydrogens is 347 g/mol. The summed E-state index contributed by atoms with van der Waals surface area (Å²) in [7, 11) is 0. The van der Waals surface area contributed by atoms with E-state index in [0.29, 0.717) is 11.3 Å². The Labute approximate surface area is 157 Å². The number of carbonyl (C=O) groups is 2. The average molecular weight is 370 g/mol. The number of halogens is 1. The molecule has 0 aromatic heterocycles. The zero-order valence-electron chi connectivity index (χ0n) is 15.0. The number of carbonyl (C=O) groups excluding carboxylic acids is 2. The van der Waals surface area contributed by atoms with Crippen LogP contribution in [-0.4, -0.2) is 24.5 Å². The van der Waals surface area contributed by atoms with Gasteiger partial charge in [0.25, 0.3) is 11.8 Å². The van der Waals surface area contributed by atoms with Gasteiger partial charge in [-0.1, -0.05) is 43.5 Å². The highest BCUT2D eigenvalue weighted by molar-refractivity contribution is 6.04. The zero-order valence-corrected chi connectivity index (χ0v) is 15.0. The molecule has 2 amide bonds. The summed E-state index contributed by atoms with van der Waals surface area (Å²) in [6.45, 7) is -0.348. The van der Waals surface area contributed by atoms with Crippen LogP contribution in [0.15, 0.2) is 48.5 Å². The Hall–Kier alpha value is -2.89. The van der Waals surface area contributed by atoms with Crippen molar-refractivity contribution < 1.29 is 18.7 Å². The van der Waals surface area contributed by atoms with E-state index in [0.717, 1.165) is 25.7 Å². The lowest BCUT2D eigenvalue weighted by atomic mass is 9.95. The maximum Gasteiger partial charge on any atom is 0.262 e. The Bertz CT molecular complexity index is 804. The first-order valence-corrected chi connectivity index (χ1v) is 9.20. The van der Waals surface area contributed by atoms with Crippen LogP contribution < -0.4 is 15.4 Å². The van der Waals surface area contributed by atoms with Crippen molar-refractivity contribution >= 4 is 17.5 Å². The summed E-state index contributed by atoms with van der Waals surface area (Å²) in [6.07, 6.45) is 5.42. The fourth-order valence-corrected chi connectivity index (χ4v) is 3.19. The molecule has 3 rings (SSSR count). The lowest BCUT2D eigenvalue weighted by molar-refractivity contribution is -0.118. The Morgan fingerprint density at radius 2 is 1.70 bits per heavy atom. The molecule has 0 saturated heterocycles. The summed E-state index contributed by atoms with van der Waals surface area (Å²) >= 11 is 0. The monoisotopic (exact) mass is 370 g/mol. The lowest BCUT2D eigenvalue weighted by Gasteiger charge is -2.23. The van der Waals surface area contributed by atoms with Gasteiger partial charge >= 0.3 is 0 Å². The van der Waals surface area contributed by atoms with E-state index >= 15 is 0 Å². The van der Waals surface area contributed by atoms with Crippen LogP contribution in [0.4, 0.5) is 10.1 Å². The van der Waals surface area contributed by atoms with Crippen molar-refractivity contribution in [1.29, 1.82) is 0 Å². The second-order valence-corrected chi connectivity index (χ2v) is 6.62. The summed E-state index contributed by atoms with van der Waals surface area (Å²) in [5.41, 5.74) is 0.815. The predicted molar refractivity (Wildman–Crippen MR) is 101 cm³/mol. The largest absolute Gasteiger partial charge is 0.481 e. The Kier molecular flexibility index (Phi) is 6.41. The van der Waals surface area contributed by atoms with Gasteiger partial charge < -0.3 is 15.4 Å². The van der Waals surface area contributed by atoms with E-state index in [2.05, 4.69) is 10.6 Å².